The van der Waals surface area contributed by atoms with Gasteiger partial charge in [0, 0.05) is 16.1 Å². The molecule has 0 aliphatic carbocycles. The van der Waals surface area contributed by atoms with Gasteiger partial charge in [-0.25, -0.2) is 8.42 Å². The van der Waals surface area contributed by atoms with Crippen molar-refractivity contribution >= 4 is 25.8 Å². The van der Waals surface area contributed by atoms with Gasteiger partial charge in [0.05, 0.1) is 5.75 Å². The largest absolute Gasteiger partial charge is 0.408 e. The van der Waals surface area contributed by atoms with E-state index in [4.69, 9.17) is 4.42 Å². The fourth-order valence-electron chi connectivity index (χ4n) is 2.90. The first-order chi connectivity index (χ1) is 11.5. The van der Waals surface area contributed by atoms with Gasteiger partial charge in [0.25, 0.3) is 0 Å². The van der Waals surface area contributed by atoms with Crippen LogP contribution in [-0.2, 0) is 9.84 Å². The van der Waals surface area contributed by atoms with E-state index >= 15 is 0 Å². The molecular formula is C16H20BrN3O3S. The fraction of sp³-hybridized carbons (Fsp3) is 0.500. The zero-order valence-electron chi connectivity index (χ0n) is 13.5. The standard InChI is InChI=1S/C16H20BrN3O3S/c1-12(20-9-3-2-4-10-20)11-24(21,22)16-19-18-15(23-16)13-5-7-14(17)8-6-13/h5-8,12H,2-4,9-11H2,1H3. The predicted molar refractivity (Wildman–Crippen MR) is 94.4 cm³/mol. The van der Waals surface area contributed by atoms with Gasteiger partial charge in [0.2, 0.25) is 15.7 Å². The molecule has 1 unspecified atom stereocenters. The first-order valence-corrected chi connectivity index (χ1v) is 10.5. The Morgan fingerprint density at radius 2 is 1.83 bits per heavy atom. The van der Waals surface area contributed by atoms with Crippen molar-refractivity contribution in [2.45, 2.75) is 37.5 Å². The number of hydrogen-bond acceptors (Lipinski definition) is 6. The van der Waals surface area contributed by atoms with Crippen LogP contribution in [0.2, 0.25) is 0 Å². The molecule has 2 heterocycles. The molecule has 130 valence electrons. The third-order valence-electron chi connectivity index (χ3n) is 4.24. The van der Waals surface area contributed by atoms with Crippen molar-refractivity contribution in [3.63, 3.8) is 0 Å². The minimum atomic E-state index is -3.60. The predicted octanol–water partition coefficient (Wildman–Crippen LogP) is 3.15. The zero-order valence-corrected chi connectivity index (χ0v) is 15.9. The minimum Gasteiger partial charge on any atom is -0.408 e. The van der Waals surface area contributed by atoms with Gasteiger partial charge in [-0.05, 0) is 57.1 Å². The molecule has 1 aromatic heterocycles. The number of sulfone groups is 1. The summed E-state index contributed by atoms with van der Waals surface area (Å²) in [5.41, 5.74) is 0.691. The molecular weight excluding hydrogens is 394 g/mol. The van der Waals surface area contributed by atoms with Crippen LogP contribution in [0.25, 0.3) is 11.5 Å². The minimum absolute atomic E-state index is 0.00499. The molecule has 3 rings (SSSR count). The summed E-state index contributed by atoms with van der Waals surface area (Å²) < 4.78 is 31.5. The molecule has 1 aliphatic heterocycles. The molecule has 1 atom stereocenters. The van der Waals surface area contributed by atoms with E-state index in [0.717, 1.165) is 30.4 Å². The Bertz CT molecular complexity index is 783. The van der Waals surface area contributed by atoms with Gasteiger partial charge < -0.3 is 4.42 Å². The summed E-state index contributed by atoms with van der Waals surface area (Å²) in [6.07, 6.45) is 3.47. The Kier molecular flexibility index (Phi) is 5.36. The molecule has 0 saturated carbocycles. The van der Waals surface area contributed by atoms with E-state index in [1.807, 2.05) is 19.1 Å². The van der Waals surface area contributed by atoms with Crippen molar-refractivity contribution in [2.24, 2.45) is 0 Å². The SMILES string of the molecule is CC(CS(=O)(=O)c1nnc(-c2ccc(Br)cc2)o1)N1CCCCC1. The third kappa shape index (κ3) is 4.04. The van der Waals surface area contributed by atoms with Gasteiger partial charge in [0.1, 0.15) is 0 Å². The third-order valence-corrected chi connectivity index (χ3v) is 6.39. The van der Waals surface area contributed by atoms with Crippen LogP contribution in [0.1, 0.15) is 26.2 Å². The average molecular weight is 414 g/mol. The lowest BCUT2D eigenvalue weighted by Crippen LogP contribution is -2.41. The first-order valence-electron chi connectivity index (χ1n) is 8.02. The highest BCUT2D eigenvalue weighted by Crippen LogP contribution is 2.23. The van der Waals surface area contributed by atoms with Crippen LogP contribution in [0, 0.1) is 0 Å². The monoisotopic (exact) mass is 413 g/mol. The van der Waals surface area contributed by atoms with E-state index in [9.17, 15) is 8.42 Å². The fourth-order valence-corrected chi connectivity index (χ4v) is 4.52. The van der Waals surface area contributed by atoms with Crippen LogP contribution in [0.5, 0.6) is 0 Å². The molecule has 1 saturated heterocycles. The van der Waals surface area contributed by atoms with Crippen molar-refractivity contribution in [3.8, 4) is 11.5 Å². The summed E-state index contributed by atoms with van der Waals surface area (Å²) in [5.74, 6) is 0.210. The van der Waals surface area contributed by atoms with Crippen LogP contribution in [0.15, 0.2) is 38.4 Å². The molecule has 0 amide bonds. The Hall–Kier alpha value is -1.25. The lowest BCUT2D eigenvalue weighted by molar-refractivity contribution is 0.186. The molecule has 0 bridgehead atoms. The second kappa shape index (κ2) is 7.33. The first kappa shape index (κ1) is 17.6. The molecule has 24 heavy (non-hydrogen) atoms. The second-order valence-electron chi connectivity index (χ2n) is 6.11. The highest BCUT2D eigenvalue weighted by molar-refractivity contribution is 9.10. The smallest absolute Gasteiger partial charge is 0.335 e. The highest BCUT2D eigenvalue weighted by atomic mass is 79.9. The molecule has 6 nitrogen and oxygen atoms in total. The molecule has 2 aromatic rings. The number of aromatic nitrogens is 2. The van der Waals surface area contributed by atoms with Gasteiger partial charge in [-0.15, -0.1) is 5.10 Å². The Labute approximate surface area is 150 Å². The van der Waals surface area contributed by atoms with Crippen LogP contribution < -0.4 is 0 Å². The van der Waals surface area contributed by atoms with Gasteiger partial charge in [-0.2, -0.15) is 0 Å². The maximum Gasteiger partial charge on any atom is 0.335 e. The Morgan fingerprint density at radius 1 is 1.17 bits per heavy atom. The number of benzene rings is 1. The molecule has 0 radical (unpaired) electrons. The number of halogens is 1. The van der Waals surface area contributed by atoms with E-state index in [0.29, 0.717) is 5.56 Å². The van der Waals surface area contributed by atoms with Crippen molar-refractivity contribution < 1.29 is 12.8 Å². The molecule has 1 fully saturated rings. The van der Waals surface area contributed by atoms with Crippen LogP contribution in [0.4, 0.5) is 0 Å². The topological polar surface area (TPSA) is 76.3 Å². The van der Waals surface area contributed by atoms with Crippen molar-refractivity contribution in [1.82, 2.24) is 15.1 Å². The van der Waals surface area contributed by atoms with E-state index in [1.54, 1.807) is 12.1 Å². The lowest BCUT2D eigenvalue weighted by Gasteiger charge is -2.31. The maximum absolute atomic E-state index is 12.6. The molecule has 1 aromatic carbocycles. The molecule has 8 heteroatoms. The van der Waals surface area contributed by atoms with Gasteiger partial charge >= 0.3 is 5.22 Å². The van der Waals surface area contributed by atoms with Gasteiger partial charge in [-0.1, -0.05) is 27.4 Å². The van der Waals surface area contributed by atoms with Crippen molar-refractivity contribution in [3.05, 3.63) is 28.7 Å². The summed E-state index contributed by atoms with van der Waals surface area (Å²) in [5, 5.41) is 7.33. The Morgan fingerprint density at radius 3 is 2.50 bits per heavy atom. The summed E-state index contributed by atoms with van der Waals surface area (Å²) in [6.45, 7) is 3.84. The maximum atomic E-state index is 12.6. The quantitative estimate of drug-likeness (QED) is 0.748. The van der Waals surface area contributed by atoms with Crippen molar-refractivity contribution in [1.29, 1.82) is 0 Å². The Balaban J connectivity index is 1.74. The van der Waals surface area contributed by atoms with Crippen molar-refractivity contribution in [2.75, 3.05) is 18.8 Å². The van der Waals surface area contributed by atoms with Crippen LogP contribution in [-0.4, -0.2) is 48.4 Å². The van der Waals surface area contributed by atoms with Gasteiger partial charge in [-0.3, -0.25) is 4.90 Å². The van der Waals surface area contributed by atoms with Crippen LogP contribution in [0.3, 0.4) is 0 Å². The van der Waals surface area contributed by atoms with E-state index in [-0.39, 0.29) is 22.9 Å². The normalized spacial score (nSPS) is 17.8. The second-order valence-corrected chi connectivity index (χ2v) is 8.93. The molecule has 0 spiro atoms. The number of hydrogen-bond donors (Lipinski definition) is 0. The summed E-state index contributed by atoms with van der Waals surface area (Å²) in [4.78, 5) is 2.22. The van der Waals surface area contributed by atoms with Crippen LogP contribution >= 0.6 is 15.9 Å². The summed E-state index contributed by atoms with van der Waals surface area (Å²) in [6, 6.07) is 7.21. The van der Waals surface area contributed by atoms with E-state index in [1.165, 1.54) is 6.42 Å². The van der Waals surface area contributed by atoms with E-state index < -0.39 is 9.84 Å². The lowest BCUT2D eigenvalue weighted by atomic mass is 10.1. The zero-order chi connectivity index (χ0) is 17.2. The molecule has 0 N–H and O–H groups in total. The summed E-state index contributed by atoms with van der Waals surface area (Å²) in [7, 11) is -3.60. The average Bonchev–Trinajstić information content (AvgIpc) is 3.07. The number of rotatable bonds is 5. The molecule has 1 aliphatic rings. The van der Waals surface area contributed by atoms with E-state index in [2.05, 4.69) is 31.0 Å². The summed E-state index contributed by atoms with van der Waals surface area (Å²) >= 11 is 3.35. The van der Waals surface area contributed by atoms with Gasteiger partial charge in [0.15, 0.2) is 0 Å². The number of piperidine rings is 1. The highest BCUT2D eigenvalue weighted by Gasteiger charge is 2.28. The number of likely N-dealkylation sites (tertiary alicyclic amines) is 1. The number of nitrogens with zero attached hydrogens (tertiary/aromatic N) is 3.